The lowest BCUT2D eigenvalue weighted by molar-refractivity contribution is -0.139. The van der Waals surface area contributed by atoms with Gasteiger partial charge in [0, 0.05) is 38.0 Å². The van der Waals surface area contributed by atoms with E-state index in [0.29, 0.717) is 57.1 Å². The highest BCUT2D eigenvalue weighted by Gasteiger charge is 2.33. The molecule has 0 radical (unpaired) electrons. The average molecular weight is 525 g/mol. The molecule has 200 valence electrons. The van der Waals surface area contributed by atoms with Gasteiger partial charge < -0.3 is 19.6 Å². The van der Waals surface area contributed by atoms with Crippen molar-refractivity contribution in [2.24, 2.45) is 5.16 Å². The van der Waals surface area contributed by atoms with E-state index >= 15 is 0 Å². The number of aryl methyl sites for hydroxylation is 1. The molecule has 0 aliphatic carbocycles. The fraction of sp³-hybridized carbons (Fsp3) is 0.400. The monoisotopic (exact) mass is 525 g/mol. The third kappa shape index (κ3) is 8.25. The van der Waals surface area contributed by atoms with Gasteiger partial charge in [-0.2, -0.15) is 13.2 Å². The molecular weight excluding hydrogens is 498 g/mol. The molecule has 1 saturated heterocycles. The van der Waals surface area contributed by atoms with Crippen LogP contribution in [0.3, 0.4) is 0 Å². The van der Waals surface area contributed by atoms with E-state index in [-0.39, 0.29) is 11.5 Å². The minimum absolute atomic E-state index is 0.339. The van der Waals surface area contributed by atoms with Gasteiger partial charge in [-0.25, -0.2) is 4.39 Å². The Hall–Kier alpha value is -3.51. The van der Waals surface area contributed by atoms with Crippen molar-refractivity contribution < 1.29 is 41.8 Å². The van der Waals surface area contributed by atoms with Crippen molar-refractivity contribution in [2.75, 3.05) is 32.8 Å². The molecular formula is C25H27F4N3O5. The molecule has 1 amide bonds. The average Bonchev–Trinajstić information content (AvgIpc) is 2.89. The lowest BCUT2D eigenvalue weighted by Gasteiger charge is -2.36. The summed E-state index contributed by atoms with van der Waals surface area (Å²) in [7, 11) is 0. The number of benzene rings is 2. The minimum Gasteiger partial charge on any atom is -0.468 e. The van der Waals surface area contributed by atoms with Crippen LogP contribution in [0, 0.1) is 5.82 Å². The highest BCUT2D eigenvalue weighted by atomic mass is 19.4. The second-order valence-electron chi connectivity index (χ2n) is 8.26. The predicted octanol–water partition coefficient (Wildman–Crippen LogP) is 3.02. The van der Waals surface area contributed by atoms with Crippen molar-refractivity contribution in [1.29, 1.82) is 0 Å². The number of aliphatic hydroxyl groups excluding tert-OH is 1. The molecule has 1 atom stereocenters. The first-order chi connectivity index (χ1) is 17.7. The van der Waals surface area contributed by atoms with Gasteiger partial charge in [0.25, 0.3) is 0 Å². The maximum absolute atomic E-state index is 13.3. The molecule has 1 aliphatic heterocycles. The Labute approximate surface area is 211 Å². The molecule has 0 saturated carbocycles. The molecule has 1 N–H and O–H groups in total. The number of aldehydes is 1. The number of carbonyl (C=O) groups is 2. The number of alkyl halides is 3. The highest BCUT2D eigenvalue weighted by Crippen LogP contribution is 2.32. The molecule has 37 heavy (non-hydrogen) atoms. The van der Waals surface area contributed by atoms with Crippen LogP contribution in [-0.4, -0.2) is 72.3 Å². The van der Waals surface area contributed by atoms with Gasteiger partial charge in [-0.3, -0.25) is 14.5 Å². The summed E-state index contributed by atoms with van der Waals surface area (Å²) in [5, 5.41) is 12.6. The lowest BCUT2D eigenvalue weighted by Crippen LogP contribution is -2.54. The lowest BCUT2D eigenvalue weighted by atomic mass is 10.1. The number of ether oxygens (including phenoxy) is 1. The Morgan fingerprint density at radius 1 is 1.11 bits per heavy atom. The number of amides is 1. The van der Waals surface area contributed by atoms with Gasteiger partial charge in [0.15, 0.2) is 6.29 Å². The maximum atomic E-state index is 13.3. The number of nitrogens with zero attached hydrogens (tertiary/aromatic N) is 3. The SMILES string of the molecule is O=CC(Oc1ccc(CCC=NOCc2cc(F)ccc2C(F)(F)F)cc1)N1CCN(C(=O)CO)CC1. The molecule has 2 aromatic carbocycles. The highest BCUT2D eigenvalue weighted by molar-refractivity contribution is 5.77. The van der Waals surface area contributed by atoms with Gasteiger partial charge in [0.2, 0.25) is 12.1 Å². The zero-order valence-electron chi connectivity index (χ0n) is 19.9. The molecule has 1 unspecified atom stereocenters. The summed E-state index contributed by atoms with van der Waals surface area (Å²) in [5.74, 6) is -0.653. The second-order valence-corrected chi connectivity index (χ2v) is 8.26. The predicted molar refractivity (Wildman–Crippen MR) is 125 cm³/mol. The third-order valence-electron chi connectivity index (χ3n) is 5.76. The fourth-order valence-corrected chi connectivity index (χ4v) is 3.79. The molecule has 1 heterocycles. The van der Waals surface area contributed by atoms with Crippen LogP contribution >= 0.6 is 0 Å². The van der Waals surface area contributed by atoms with Crippen LogP contribution in [0.4, 0.5) is 17.6 Å². The molecule has 0 bridgehead atoms. The number of piperazine rings is 1. The fourth-order valence-electron chi connectivity index (χ4n) is 3.79. The van der Waals surface area contributed by atoms with Gasteiger partial charge in [0.05, 0.1) is 5.56 Å². The Balaban J connectivity index is 1.43. The van der Waals surface area contributed by atoms with E-state index in [1.807, 2.05) is 12.1 Å². The van der Waals surface area contributed by atoms with Crippen molar-refractivity contribution in [2.45, 2.75) is 31.9 Å². The molecule has 1 aliphatic rings. The van der Waals surface area contributed by atoms with Crippen LogP contribution in [0.5, 0.6) is 5.75 Å². The van der Waals surface area contributed by atoms with E-state index in [4.69, 9.17) is 14.7 Å². The van der Waals surface area contributed by atoms with E-state index in [1.54, 1.807) is 17.0 Å². The molecule has 8 nitrogen and oxygen atoms in total. The quantitative estimate of drug-likeness (QED) is 0.210. The zero-order valence-corrected chi connectivity index (χ0v) is 19.9. The summed E-state index contributed by atoms with van der Waals surface area (Å²) in [6, 6.07) is 9.24. The van der Waals surface area contributed by atoms with E-state index in [2.05, 4.69) is 5.16 Å². The maximum Gasteiger partial charge on any atom is 0.416 e. The number of carbonyl (C=O) groups excluding carboxylic acids is 2. The van der Waals surface area contributed by atoms with Crippen molar-refractivity contribution in [3.05, 3.63) is 65.0 Å². The van der Waals surface area contributed by atoms with Crippen molar-refractivity contribution in [3.63, 3.8) is 0 Å². The number of halogens is 4. The standard InChI is InChI=1S/C25H27F4N3O5/c26-20-5-8-22(25(27,28)29)19(14-20)17-36-30-9-1-2-18-3-6-21(7-4-18)37-24(16-34)32-12-10-31(11-13-32)23(35)15-33/h3-9,14,16,24,33H,1-2,10-13,15,17H2. The van der Waals surface area contributed by atoms with Crippen LogP contribution in [-0.2, 0) is 33.6 Å². The number of aliphatic hydroxyl groups is 1. The summed E-state index contributed by atoms with van der Waals surface area (Å²) in [6.07, 6.45) is -2.30. The summed E-state index contributed by atoms with van der Waals surface area (Å²) in [5.41, 5.74) is -0.376. The normalized spacial score (nSPS) is 15.5. The molecule has 0 aromatic heterocycles. The van der Waals surface area contributed by atoms with Crippen LogP contribution in [0.25, 0.3) is 0 Å². The third-order valence-corrected chi connectivity index (χ3v) is 5.76. The van der Waals surface area contributed by atoms with Gasteiger partial charge in [0.1, 0.15) is 24.8 Å². The van der Waals surface area contributed by atoms with E-state index < -0.39 is 37.0 Å². The van der Waals surface area contributed by atoms with Crippen LogP contribution in [0.15, 0.2) is 47.6 Å². The van der Waals surface area contributed by atoms with Gasteiger partial charge in [-0.05, 0) is 48.7 Å². The molecule has 0 spiro atoms. The largest absolute Gasteiger partial charge is 0.468 e. The topological polar surface area (TPSA) is 91.7 Å². The van der Waals surface area contributed by atoms with Gasteiger partial charge >= 0.3 is 6.18 Å². The van der Waals surface area contributed by atoms with Crippen molar-refractivity contribution in [3.8, 4) is 5.75 Å². The smallest absolute Gasteiger partial charge is 0.416 e. The molecule has 3 rings (SSSR count). The Morgan fingerprint density at radius 3 is 2.43 bits per heavy atom. The summed E-state index contributed by atoms with van der Waals surface area (Å²) < 4.78 is 58.1. The Morgan fingerprint density at radius 2 is 1.81 bits per heavy atom. The van der Waals surface area contributed by atoms with E-state index in [9.17, 15) is 27.2 Å². The summed E-state index contributed by atoms with van der Waals surface area (Å²) in [4.78, 5) is 31.4. The minimum atomic E-state index is -4.62. The van der Waals surface area contributed by atoms with E-state index in [0.717, 1.165) is 17.7 Å². The first-order valence-electron chi connectivity index (χ1n) is 11.5. The van der Waals surface area contributed by atoms with Gasteiger partial charge in [-0.1, -0.05) is 17.3 Å². The van der Waals surface area contributed by atoms with Crippen LogP contribution in [0.2, 0.25) is 0 Å². The van der Waals surface area contributed by atoms with Crippen molar-refractivity contribution >= 4 is 18.4 Å². The first kappa shape index (κ1) is 28.1. The number of oxime groups is 1. The number of hydrogen-bond acceptors (Lipinski definition) is 7. The molecule has 2 aromatic rings. The Bertz CT molecular complexity index is 1070. The number of hydrogen-bond donors (Lipinski definition) is 1. The van der Waals surface area contributed by atoms with Gasteiger partial charge in [-0.15, -0.1) is 0 Å². The molecule has 12 heteroatoms. The summed E-state index contributed by atoms with van der Waals surface area (Å²) >= 11 is 0. The van der Waals surface area contributed by atoms with E-state index in [1.165, 1.54) is 11.1 Å². The van der Waals surface area contributed by atoms with Crippen LogP contribution in [0.1, 0.15) is 23.1 Å². The molecule has 1 fully saturated rings. The number of rotatable bonds is 11. The first-order valence-corrected chi connectivity index (χ1v) is 11.5. The van der Waals surface area contributed by atoms with Crippen LogP contribution < -0.4 is 4.74 Å². The summed E-state index contributed by atoms with van der Waals surface area (Å²) in [6.45, 7) is 0.596. The zero-order chi connectivity index (χ0) is 26.8. The second kappa shape index (κ2) is 13.2. The van der Waals surface area contributed by atoms with Crippen molar-refractivity contribution in [1.82, 2.24) is 9.80 Å². The Kier molecular flexibility index (Phi) is 9.98.